The molecule has 1 aliphatic carbocycles. The summed E-state index contributed by atoms with van der Waals surface area (Å²) in [6.07, 6.45) is 4.94. The largest absolute Gasteiger partial charge is 0.479 e. The van der Waals surface area contributed by atoms with Crippen LogP contribution in [-0.2, 0) is 9.53 Å². The van der Waals surface area contributed by atoms with E-state index in [4.69, 9.17) is 25.5 Å². The standard InChI is InChI=1S/C26H27ClO5/c1-16(13-18-7-3-4-8-18)30-26(29)17(2)31-19-11-12-21-22(15-25(28)32-24(21)14-19)20-9-5-6-10-23(20)27/h5-6,9-12,14-18H,3-4,7-8,13H2,1-2H3/t16?,17-/m1/s1. The molecule has 1 aromatic heterocycles. The summed E-state index contributed by atoms with van der Waals surface area (Å²) >= 11 is 6.33. The third kappa shape index (κ3) is 5.16. The maximum atomic E-state index is 12.5. The summed E-state index contributed by atoms with van der Waals surface area (Å²) < 4.78 is 16.8. The molecule has 1 heterocycles. The molecule has 1 aliphatic rings. The van der Waals surface area contributed by atoms with Crippen LogP contribution >= 0.6 is 11.6 Å². The van der Waals surface area contributed by atoms with Gasteiger partial charge in [-0.3, -0.25) is 0 Å². The molecule has 0 bridgehead atoms. The molecule has 3 aromatic rings. The fraction of sp³-hybridized carbons (Fsp3) is 0.385. The van der Waals surface area contributed by atoms with Crippen LogP contribution in [0.4, 0.5) is 0 Å². The molecule has 0 N–H and O–H groups in total. The van der Waals surface area contributed by atoms with Gasteiger partial charge < -0.3 is 13.9 Å². The number of esters is 1. The zero-order valence-electron chi connectivity index (χ0n) is 18.3. The van der Waals surface area contributed by atoms with Gasteiger partial charge in [0.15, 0.2) is 6.10 Å². The number of carbonyl (C=O) groups is 1. The third-order valence-electron chi connectivity index (χ3n) is 5.98. The highest BCUT2D eigenvalue weighted by atomic mass is 35.5. The number of halogens is 1. The summed E-state index contributed by atoms with van der Waals surface area (Å²) in [5, 5.41) is 1.27. The first-order chi connectivity index (χ1) is 15.4. The van der Waals surface area contributed by atoms with Gasteiger partial charge in [-0.25, -0.2) is 9.59 Å². The van der Waals surface area contributed by atoms with Gasteiger partial charge >= 0.3 is 11.6 Å². The molecule has 2 aromatic carbocycles. The van der Waals surface area contributed by atoms with Crippen molar-refractivity contribution in [3.05, 3.63) is 64.0 Å². The predicted octanol–water partition coefficient (Wildman–Crippen LogP) is 6.39. The predicted molar refractivity (Wildman–Crippen MR) is 125 cm³/mol. The summed E-state index contributed by atoms with van der Waals surface area (Å²) in [6.45, 7) is 3.59. The Bertz CT molecular complexity index is 1160. The molecule has 4 rings (SSSR count). The van der Waals surface area contributed by atoms with Gasteiger partial charge in [-0.15, -0.1) is 0 Å². The van der Waals surface area contributed by atoms with Gasteiger partial charge in [0.05, 0.1) is 6.10 Å². The number of benzene rings is 2. The van der Waals surface area contributed by atoms with Crippen molar-refractivity contribution in [2.24, 2.45) is 5.92 Å². The van der Waals surface area contributed by atoms with E-state index in [-0.39, 0.29) is 6.10 Å². The first-order valence-electron chi connectivity index (χ1n) is 11.1. The van der Waals surface area contributed by atoms with Crippen molar-refractivity contribution in [3.8, 4) is 16.9 Å². The van der Waals surface area contributed by atoms with Crippen LogP contribution < -0.4 is 10.4 Å². The van der Waals surface area contributed by atoms with Crippen LogP contribution in [0.2, 0.25) is 5.02 Å². The van der Waals surface area contributed by atoms with Gasteiger partial charge in [-0.2, -0.15) is 0 Å². The molecule has 0 saturated heterocycles. The van der Waals surface area contributed by atoms with Crippen LogP contribution in [-0.4, -0.2) is 18.2 Å². The Kier molecular flexibility index (Phi) is 6.85. The van der Waals surface area contributed by atoms with E-state index in [2.05, 4.69) is 0 Å². The SMILES string of the molecule is CC(CC1CCCC1)OC(=O)[C@@H](C)Oc1ccc2c(-c3ccccc3Cl)cc(=O)oc2c1. The summed E-state index contributed by atoms with van der Waals surface area (Å²) in [4.78, 5) is 24.7. The van der Waals surface area contributed by atoms with E-state index in [0.717, 1.165) is 17.4 Å². The van der Waals surface area contributed by atoms with E-state index in [0.29, 0.717) is 27.8 Å². The average Bonchev–Trinajstić information content (AvgIpc) is 3.26. The fourth-order valence-corrected chi connectivity index (χ4v) is 4.67. The van der Waals surface area contributed by atoms with Crippen molar-refractivity contribution in [3.63, 3.8) is 0 Å². The minimum absolute atomic E-state index is 0.135. The van der Waals surface area contributed by atoms with Crippen LogP contribution in [0.1, 0.15) is 46.0 Å². The maximum Gasteiger partial charge on any atom is 0.347 e. The lowest BCUT2D eigenvalue weighted by atomic mass is 10.0. The second-order valence-corrected chi connectivity index (χ2v) is 8.92. The highest BCUT2D eigenvalue weighted by molar-refractivity contribution is 6.33. The second-order valence-electron chi connectivity index (χ2n) is 8.51. The van der Waals surface area contributed by atoms with Crippen molar-refractivity contribution >= 4 is 28.5 Å². The Balaban J connectivity index is 1.49. The number of fused-ring (bicyclic) bond motifs is 1. The Hall–Kier alpha value is -2.79. The minimum atomic E-state index is -0.781. The molecule has 168 valence electrons. The Morgan fingerprint density at radius 1 is 1.09 bits per heavy atom. The number of rotatable bonds is 7. The van der Waals surface area contributed by atoms with E-state index >= 15 is 0 Å². The molecule has 1 fully saturated rings. The first-order valence-corrected chi connectivity index (χ1v) is 11.5. The van der Waals surface area contributed by atoms with Crippen molar-refractivity contribution in [1.29, 1.82) is 0 Å². The second kappa shape index (κ2) is 9.78. The average molecular weight is 455 g/mol. The minimum Gasteiger partial charge on any atom is -0.479 e. The summed E-state index contributed by atoms with van der Waals surface area (Å²) in [6, 6.07) is 13.9. The van der Waals surface area contributed by atoms with Gasteiger partial charge in [0.2, 0.25) is 0 Å². The van der Waals surface area contributed by atoms with Crippen LogP contribution in [0.3, 0.4) is 0 Å². The molecule has 0 aliphatic heterocycles. The maximum absolute atomic E-state index is 12.5. The highest BCUT2D eigenvalue weighted by Crippen LogP contribution is 2.34. The zero-order valence-corrected chi connectivity index (χ0v) is 19.1. The normalized spacial score (nSPS) is 16.1. The van der Waals surface area contributed by atoms with Gasteiger partial charge in [0.1, 0.15) is 11.3 Å². The number of carbonyl (C=O) groups excluding carboxylic acids is 1. The first kappa shape index (κ1) is 22.4. The molecule has 1 saturated carbocycles. The molecule has 2 atom stereocenters. The molecular formula is C26H27ClO5. The van der Waals surface area contributed by atoms with Gasteiger partial charge in [0, 0.05) is 33.7 Å². The van der Waals surface area contributed by atoms with Crippen molar-refractivity contribution in [1.82, 2.24) is 0 Å². The number of hydrogen-bond acceptors (Lipinski definition) is 5. The topological polar surface area (TPSA) is 65.7 Å². The fourth-order valence-electron chi connectivity index (χ4n) is 4.43. The van der Waals surface area contributed by atoms with E-state index < -0.39 is 17.7 Å². The third-order valence-corrected chi connectivity index (χ3v) is 6.31. The van der Waals surface area contributed by atoms with Crippen LogP contribution in [0.5, 0.6) is 5.75 Å². The lowest BCUT2D eigenvalue weighted by Crippen LogP contribution is -2.29. The zero-order chi connectivity index (χ0) is 22.7. The molecule has 1 unspecified atom stereocenters. The van der Waals surface area contributed by atoms with Gasteiger partial charge in [-0.05, 0) is 44.4 Å². The molecule has 0 radical (unpaired) electrons. The molecule has 0 amide bonds. The molecule has 5 nitrogen and oxygen atoms in total. The molecule has 0 spiro atoms. The van der Waals surface area contributed by atoms with E-state index in [1.165, 1.54) is 31.7 Å². The van der Waals surface area contributed by atoms with Crippen LogP contribution in [0.25, 0.3) is 22.1 Å². The summed E-state index contributed by atoms with van der Waals surface area (Å²) in [5.74, 6) is 0.663. The van der Waals surface area contributed by atoms with Gasteiger partial charge in [0.25, 0.3) is 0 Å². The quantitative estimate of drug-likeness (QED) is 0.305. The summed E-state index contributed by atoms with van der Waals surface area (Å²) in [5.41, 5.74) is 1.30. The van der Waals surface area contributed by atoms with Crippen molar-refractivity contribution in [2.75, 3.05) is 0 Å². The van der Waals surface area contributed by atoms with Crippen molar-refractivity contribution < 1.29 is 18.7 Å². The van der Waals surface area contributed by atoms with E-state index in [9.17, 15) is 9.59 Å². The smallest absolute Gasteiger partial charge is 0.347 e. The Morgan fingerprint density at radius 2 is 1.84 bits per heavy atom. The van der Waals surface area contributed by atoms with Crippen molar-refractivity contribution in [2.45, 2.75) is 58.2 Å². The number of hydrogen-bond donors (Lipinski definition) is 0. The number of ether oxygens (including phenoxy) is 2. The molecule has 6 heteroatoms. The highest BCUT2D eigenvalue weighted by Gasteiger charge is 2.23. The van der Waals surface area contributed by atoms with Crippen LogP contribution in [0, 0.1) is 5.92 Å². The lowest BCUT2D eigenvalue weighted by Gasteiger charge is -2.20. The van der Waals surface area contributed by atoms with Gasteiger partial charge in [-0.1, -0.05) is 55.5 Å². The van der Waals surface area contributed by atoms with Crippen LogP contribution in [0.15, 0.2) is 57.7 Å². The monoisotopic (exact) mass is 454 g/mol. The lowest BCUT2D eigenvalue weighted by molar-refractivity contribution is -0.156. The Morgan fingerprint density at radius 3 is 2.59 bits per heavy atom. The molecular weight excluding hydrogens is 428 g/mol. The van der Waals surface area contributed by atoms with E-state index in [1.54, 1.807) is 31.2 Å². The van der Waals surface area contributed by atoms with E-state index in [1.807, 2.05) is 25.1 Å². The Labute approximate surface area is 192 Å². The summed E-state index contributed by atoms with van der Waals surface area (Å²) in [7, 11) is 0. The molecule has 32 heavy (non-hydrogen) atoms.